The molecule has 0 radical (unpaired) electrons. The molecule has 0 fully saturated rings. The van der Waals surface area contributed by atoms with Crippen LogP contribution in [0.3, 0.4) is 0 Å². The van der Waals surface area contributed by atoms with E-state index in [1.807, 2.05) is 12.1 Å². The van der Waals surface area contributed by atoms with Crippen molar-refractivity contribution in [2.45, 2.75) is 40.5 Å². The lowest BCUT2D eigenvalue weighted by Gasteiger charge is -2.11. The molecule has 0 amide bonds. The number of hydrogen-bond donors (Lipinski definition) is 1. The zero-order valence-electron chi connectivity index (χ0n) is 13.3. The van der Waals surface area contributed by atoms with Gasteiger partial charge in [-0.1, -0.05) is 19.9 Å². The van der Waals surface area contributed by atoms with Crippen LogP contribution in [-0.4, -0.2) is 11.6 Å². The highest BCUT2D eigenvalue weighted by molar-refractivity contribution is 7.11. The number of hydrogen-bond acceptors (Lipinski definition) is 4. The summed E-state index contributed by atoms with van der Waals surface area (Å²) in [5.74, 6) is 1.42. The van der Waals surface area contributed by atoms with E-state index < -0.39 is 0 Å². The average Bonchev–Trinajstić information content (AvgIpc) is 2.70. The lowest BCUT2D eigenvalue weighted by molar-refractivity contribution is 0.291. The van der Waals surface area contributed by atoms with E-state index in [9.17, 15) is 0 Å². The fourth-order valence-corrected chi connectivity index (χ4v) is 3.00. The van der Waals surface area contributed by atoms with Crippen LogP contribution in [0.2, 0.25) is 0 Å². The van der Waals surface area contributed by atoms with Gasteiger partial charge in [0.2, 0.25) is 0 Å². The Balaban J connectivity index is 2.01. The molecule has 114 valence electrons. The van der Waals surface area contributed by atoms with E-state index in [2.05, 4.69) is 38.7 Å². The number of nitrogens with two attached hydrogens (primary N) is 1. The first-order valence-electron chi connectivity index (χ1n) is 7.40. The molecule has 0 aliphatic rings. The summed E-state index contributed by atoms with van der Waals surface area (Å²) >= 11 is 1.75. The minimum Gasteiger partial charge on any atom is -0.491 e. The second-order valence-electron chi connectivity index (χ2n) is 5.83. The average molecular weight is 304 g/mol. The first-order chi connectivity index (χ1) is 9.95. The predicted molar refractivity (Wildman–Crippen MR) is 90.2 cm³/mol. The van der Waals surface area contributed by atoms with Crippen molar-refractivity contribution >= 4 is 17.0 Å². The van der Waals surface area contributed by atoms with Crippen molar-refractivity contribution in [3.8, 4) is 5.75 Å². The molecule has 0 saturated heterocycles. The minimum absolute atomic E-state index is 0.641. The van der Waals surface area contributed by atoms with E-state index in [-0.39, 0.29) is 0 Å². The highest BCUT2D eigenvalue weighted by Gasteiger charge is 2.07. The van der Waals surface area contributed by atoms with Gasteiger partial charge in [0.15, 0.2) is 0 Å². The van der Waals surface area contributed by atoms with Gasteiger partial charge in [-0.2, -0.15) is 0 Å². The first-order valence-corrected chi connectivity index (χ1v) is 8.21. The third-order valence-corrected chi connectivity index (χ3v) is 4.53. The summed E-state index contributed by atoms with van der Waals surface area (Å²) < 4.78 is 5.74. The molecule has 2 rings (SSSR count). The van der Waals surface area contributed by atoms with Gasteiger partial charge in [-0.25, -0.2) is 4.98 Å². The van der Waals surface area contributed by atoms with Gasteiger partial charge < -0.3 is 10.5 Å². The van der Waals surface area contributed by atoms with Crippen molar-refractivity contribution in [3.63, 3.8) is 0 Å². The molecule has 0 aliphatic carbocycles. The highest BCUT2D eigenvalue weighted by atomic mass is 32.1. The Kier molecular flexibility index (Phi) is 5.23. The molecular weight excluding hydrogens is 280 g/mol. The topological polar surface area (TPSA) is 48.1 Å². The van der Waals surface area contributed by atoms with Crippen molar-refractivity contribution in [2.24, 2.45) is 5.92 Å². The van der Waals surface area contributed by atoms with Crippen molar-refractivity contribution in [2.75, 3.05) is 12.3 Å². The molecule has 21 heavy (non-hydrogen) atoms. The summed E-state index contributed by atoms with van der Waals surface area (Å²) in [7, 11) is 0. The Hall–Kier alpha value is -1.55. The molecule has 1 aromatic carbocycles. The third kappa shape index (κ3) is 4.46. The molecule has 0 saturated carbocycles. The molecule has 0 unspecified atom stereocenters. The Morgan fingerprint density at radius 1 is 1.29 bits per heavy atom. The molecule has 3 nitrogen and oxygen atoms in total. The molecule has 0 aliphatic heterocycles. The van der Waals surface area contributed by atoms with Crippen LogP contribution in [0.4, 0.5) is 5.69 Å². The molecule has 1 aromatic heterocycles. The number of anilines is 1. The van der Waals surface area contributed by atoms with Crippen molar-refractivity contribution < 1.29 is 4.74 Å². The summed E-state index contributed by atoms with van der Waals surface area (Å²) in [6.45, 7) is 9.25. The van der Waals surface area contributed by atoms with Gasteiger partial charge in [0.05, 0.1) is 23.0 Å². The van der Waals surface area contributed by atoms with Crippen LogP contribution in [0, 0.1) is 19.8 Å². The number of ether oxygens (including phenoxy) is 1. The monoisotopic (exact) mass is 304 g/mol. The van der Waals surface area contributed by atoms with Crippen LogP contribution in [0.5, 0.6) is 5.75 Å². The first kappa shape index (κ1) is 15.8. The summed E-state index contributed by atoms with van der Waals surface area (Å²) in [5, 5.41) is 1.14. The smallest absolute Gasteiger partial charge is 0.142 e. The molecule has 0 spiro atoms. The van der Waals surface area contributed by atoms with E-state index in [0.717, 1.165) is 29.3 Å². The summed E-state index contributed by atoms with van der Waals surface area (Å²) in [6, 6.07) is 6.04. The molecule has 1 heterocycles. The predicted octanol–water partition coefficient (Wildman–Crippen LogP) is 4.36. The van der Waals surface area contributed by atoms with Crippen LogP contribution in [0.1, 0.15) is 41.4 Å². The second-order valence-corrected chi connectivity index (χ2v) is 7.12. The van der Waals surface area contributed by atoms with E-state index >= 15 is 0 Å². The van der Waals surface area contributed by atoms with Gasteiger partial charge in [0.25, 0.3) is 0 Å². The maximum Gasteiger partial charge on any atom is 0.142 e. The number of thiazole rings is 1. The van der Waals surface area contributed by atoms with Crippen molar-refractivity contribution in [1.82, 2.24) is 4.98 Å². The van der Waals surface area contributed by atoms with Gasteiger partial charge in [-0.3, -0.25) is 0 Å². The lowest BCUT2D eigenvalue weighted by atomic mass is 10.1. The normalized spacial score (nSPS) is 11.1. The molecule has 0 atom stereocenters. The van der Waals surface area contributed by atoms with Gasteiger partial charge in [0.1, 0.15) is 5.75 Å². The number of aromatic nitrogens is 1. The summed E-state index contributed by atoms with van der Waals surface area (Å²) in [6.07, 6.45) is 1.87. The zero-order chi connectivity index (χ0) is 15.4. The van der Waals surface area contributed by atoms with Crippen LogP contribution in [-0.2, 0) is 6.42 Å². The number of nitrogen functional groups attached to an aromatic ring is 1. The summed E-state index contributed by atoms with van der Waals surface area (Å²) in [5.41, 5.74) is 9.09. The Bertz CT molecular complexity index is 585. The number of aryl methyl sites for hydroxylation is 2. The largest absolute Gasteiger partial charge is 0.491 e. The number of rotatable bonds is 6. The number of nitrogens with zero attached hydrogens (tertiary/aromatic N) is 1. The quantitative estimate of drug-likeness (QED) is 0.807. The minimum atomic E-state index is 0.641. The van der Waals surface area contributed by atoms with Crippen LogP contribution in [0.25, 0.3) is 0 Å². The Morgan fingerprint density at radius 3 is 2.62 bits per heavy atom. The highest BCUT2D eigenvalue weighted by Crippen LogP contribution is 2.26. The van der Waals surface area contributed by atoms with Crippen LogP contribution < -0.4 is 10.5 Å². The Labute approximate surface area is 131 Å². The van der Waals surface area contributed by atoms with Crippen molar-refractivity contribution in [3.05, 3.63) is 39.3 Å². The van der Waals surface area contributed by atoms with E-state index in [1.165, 1.54) is 10.4 Å². The van der Waals surface area contributed by atoms with E-state index in [4.69, 9.17) is 10.5 Å². The van der Waals surface area contributed by atoms with Crippen LogP contribution >= 0.6 is 11.3 Å². The lowest BCUT2D eigenvalue weighted by Crippen LogP contribution is -2.03. The zero-order valence-corrected chi connectivity index (χ0v) is 14.1. The Morgan fingerprint density at radius 2 is 2.05 bits per heavy atom. The van der Waals surface area contributed by atoms with Gasteiger partial charge in [-0.15, -0.1) is 11.3 Å². The number of benzene rings is 1. The third-order valence-electron chi connectivity index (χ3n) is 3.46. The summed E-state index contributed by atoms with van der Waals surface area (Å²) in [4.78, 5) is 5.86. The standard InChI is InChI=1S/C17H24N2OS/c1-11(2)7-8-20-16-6-5-14(9-15(16)18)10-17-19-12(3)13(4)21-17/h5-6,9,11H,7-8,10,18H2,1-4H3. The van der Waals surface area contributed by atoms with Gasteiger partial charge >= 0.3 is 0 Å². The van der Waals surface area contributed by atoms with E-state index in [0.29, 0.717) is 18.2 Å². The SMILES string of the molecule is Cc1nc(Cc2ccc(OCCC(C)C)c(N)c2)sc1C. The van der Waals surface area contributed by atoms with Crippen LogP contribution in [0.15, 0.2) is 18.2 Å². The molecular formula is C17H24N2OS. The molecule has 0 bridgehead atoms. The maximum absolute atomic E-state index is 6.09. The van der Waals surface area contributed by atoms with Gasteiger partial charge in [-0.05, 0) is 43.9 Å². The molecule has 2 N–H and O–H groups in total. The van der Waals surface area contributed by atoms with E-state index in [1.54, 1.807) is 11.3 Å². The van der Waals surface area contributed by atoms with Crippen molar-refractivity contribution in [1.29, 1.82) is 0 Å². The fraction of sp³-hybridized carbons (Fsp3) is 0.471. The molecule has 2 aromatic rings. The van der Waals surface area contributed by atoms with Gasteiger partial charge in [0, 0.05) is 11.3 Å². The fourth-order valence-electron chi connectivity index (χ4n) is 2.03. The second kappa shape index (κ2) is 6.94. The molecule has 4 heteroatoms. The maximum atomic E-state index is 6.09.